The van der Waals surface area contributed by atoms with Crippen LogP contribution in [0.3, 0.4) is 0 Å². The monoisotopic (exact) mass is 426 g/mol. The van der Waals surface area contributed by atoms with Crippen molar-refractivity contribution >= 4 is 26.7 Å². The second kappa shape index (κ2) is 8.00. The Bertz CT molecular complexity index is 1250. The van der Waals surface area contributed by atoms with Crippen molar-refractivity contribution in [2.24, 2.45) is 0 Å². The summed E-state index contributed by atoms with van der Waals surface area (Å²) in [5.74, 6) is -0.375. The van der Waals surface area contributed by atoms with Crippen molar-refractivity contribution in [3.63, 3.8) is 0 Å². The summed E-state index contributed by atoms with van der Waals surface area (Å²) in [6.07, 6.45) is 1.07. The first-order valence-electron chi connectivity index (χ1n) is 9.70. The van der Waals surface area contributed by atoms with Crippen LogP contribution in [0, 0.1) is 6.92 Å². The Morgan fingerprint density at radius 1 is 1.17 bits per heavy atom. The highest BCUT2D eigenvalue weighted by molar-refractivity contribution is 7.89. The van der Waals surface area contributed by atoms with Gasteiger partial charge in [0.1, 0.15) is 6.04 Å². The number of aromatic nitrogens is 2. The summed E-state index contributed by atoms with van der Waals surface area (Å²) in [5.41, 5.74) is 1.18. The zero-order valence-electron chi connectivity index (χ0n) is 16.5. The maximum atomic E-state index is 13.0. The standard InChI is InChI=1S/C21H22N4O4S/c1-14-8-10-15(11-9-14)30(28,29)25-12-4-7-19(25)21(27)22-13-18-16-5-2-3-6-17(16)20(26)24-23-18/h2-3,5-6,8-11,19H,4,7,12-13H2,1H3,(H,22,27)(H,24,26)/t19-/m1/s1. The number of fused-ring (bicyclic) bond motifs is 1. The summed E-state index contributed by atoms with van der Waals surface area (Å²) in [4.78, 5) is 24.9. The number of aryl methyl sites for hydroxylation is 1. The van der Waals surface area contributed by atoms with Gasteiger partial charge in [0.15, 0.2) is 0 Å². The van der Waals surface area contributed by atoms with Crippen LogP contribution in [0.15, 0.2) is 58.2 Å². The Morgan fingerprint density at radius 2 is 1.87 bits per heavy atom. The molecule has 0 saturated carbocycles. The summed E-state index contributed by atoms with van der Waals surface area (Å²) in [5, 5.41) is 10.4. The van der Waals surface area contributed by atoms with Gasteiger partial charge in [0.05, 0.1) is 22.5 Å². The molecule has 1 fully saturated rings. The van der Waals surface area contributed by atoms with Crippen LogP contribution in [0.25, 0.3) is 10.8 Å². The number of hydrogen-bond acceptors (Lipinski definition) is 5. The second-order valence-corrected chi connectivity index (χ2v) is 9.24. The minimum Gasteiger partial charge on any atom is -0.349 e. The molecule has 30 heavy (non-hydrogen) atoms. The number of sulfonamides is 1. The molecular formula is C21H22N4O4S. The van der Waals surface area contributed by atoms with Gasteiger partial charge in [-0.15, -0.1) is 0 Å². The maximum Gasteiger partial charge on any atom is 0.272 e. The van der Waals surface area contributed by atoms with Crippen molar-refractivity contribution in [3.05, 3.63) is 70.1 Å². The molecule has 1 saturated heterocycles. The smallest absolute Gasteiger partial charge is 0.272 e. The second-order valence-electron chi connectivity index (χ2n) is 7.35. The fourth-order valence-corrected chi connectivity index (χ4v) is 5.39. The molecule has 0 aliphatic carbocycles. The molecule has 1 aliphatic heterocycles. The van der Waals surface area contributed by atoms with Crippen LogP contribution in [-0.2, 0) is 21.4 Å². The third-order valence-corrected chi connectivity index (χ3v) is 7.26. The first-order chi connectivity index (χ1) is 14.4. The fraction of sp³-hybridized carbons (Fsp3) is 0.286. The van der Waals surface area contributed by atoms with Crippen molar-refractivity contribution in [2.45, 2.75) is 37.2 Å². The third kappa shape index (κ3) is 3.73. The molecule has 1 aromatic heterocycles. The number of carbonyl (C=O) groups excluding carboxylic acids is 1. The highest BCUT2D eigenvalue weighted by Gasteiger charge is 2.39. The van der Waals surface area contributed by atoms with Crippen LogP contribution >= 0.6 is 0 Å². The topological polar surface area (TPSA) is 112 Å². The van der Waals surface area contributed by atoms with Gasteiger partial charge in [0, 0.05) is 11.9 Å². The normalized spacial score (nSPS) is 17.3. The number of benzene rings is 2. The number of aromatic amines is 1. The average molecular weight is 426 g/mol. The molecule has 8 nitrogen and oxygen atoms in total. The van der Waals surface area contributed by atoms with Crippen LogP contribution in [0.5, 0.6) is 0 Å². The lowest BCUT2D eigenvalue weighted by Crippen LogP contribution is -2.45. The SMILES string of the molecule is Cc1ccc(S(=O)(=O)N2CCC[C@@H]2C(=O)NCc2n[nH]c(=O)c3ccccc23)cc1. The highest BCUT2D eigenvalue weighted by atomic mass is 32.2. The molecular weight excluding hydrogens is 404 g/mol. The predicted octanol–water partition coefficient (Wildman–Crippen LogP) is 1.70. The van der Waals surface area contributed by atoms with Crippen LogP contribution in [0.4, 0.5) is 0 Å². The Labute approximate surface area is 174 Å². The number of rotatable bonds is 5. The number of hydrogen-bond donors (Lipinski definition) is 2. The van der Waals surface area contributed by atoms with Gasteiger partial charge in [-0.05, 0) is 38.0 Å². The van der Waals surface area contributed by atoms with E-state index in [0.717, 1.165) is 5.56 Å². The number of carbonyl (C=O) groups is 1. The van der Waals surface area contributed by atoms with Crippen LogP contribution < -0.4 is 10.9 Å². The van der Waals surface area contributed by atoms with Gasteiger partial charge in [0.25, 0.3) is 5.56 Å². The van der Waals surface area contributed by atoms with Crippen LogP contribution in [0.2, 0.25) is 0 Å². The number of nitrogens with one attached hydrogen (secondary N) is 2. The van der Waals surface area contributed by atoms with Crippen molar-refractivity contribution in [3.8, 4) is 0 Å². The summed E-state index contributed by atoms with van der Waals surface area (Å²) in [6.45, 7) is 2.27. The van der Waals surface area contributed by atoms with Crippen molar-refractivity contribution in [1.29, 1.82) is 0 Å². The van der Waals surface area contributed by atoms with Gasteiger partial charge in [-0.1, -0.05) is 35.9 Å². The molecule has 9 heteroatoms. The minimum absolute atomic E-state index is 0.0883. The molecule has 4 rings (SSSR count). The summed E-state index contributed by atoms with van der Waals surface area (Å²) < 4.78 is 27.4. The Hall–Kier alpha value is -3.04. The molecule has 1 amide bonds. The Morgan fingerprint density at radius 3 is 2.60 bits per heavy atom. The lowest BCUT2D eigenvalue weighted by molar-refractivity contribution is -0.124. The van der Waals surface area contributed by atoms with E-state index in [-0.39, 0.29) is 22.9 Å². The summed E-state index contributed by atoms with van der Waals surface area (Å²) in [7, 11) is -3.76. The predicted molar refractivity (Wildman–Crippen MR) is 112 cm³/mol. The summed E-state index contributed by atoms with van der Waals surface area (Å²) in [6, 6.07) is 12.8. The van der Waals surface area contributed by atoms with Crippen molar-refractivity contribution < 1.29 is 13.2 Å². The minimum atomic E-state index is -3.76. The van der Waals surface area contributed by atoms with Gasteiger partial charge < -0.3 is 5.32 Å². The molecule has 0 unspecified atom stereocenters. The van der Waals surface area contributed by atoms with E-state index in [4.69, 9.17) is 0 Å². The van der Waals surface area contributed by atoms with E-state index >= 15 is 0 Å². The van der Waals surface area contributed by atoms with Gasteiger partial charge in [-0.3, -0.25) is 9.59 Å². The molecule has 3 aromatic rings. The van der Waals surface area contributed by atoms with E-state index in [2.05, 4.69) is 15.5 Å². The van der Waals surface area contributed by atoms with E-state index in [9.17, 15) is 18.0 Å². The molecule has 156 valence electrons. The van der Waals surface area contributed by atoms with Gasteiger partial charge in [-0.25, -0.2) is 13.5 Å². The molecule has 0 radical (unpaired) electrons. The van der Waals surface area contributed by atoms with E-state index < -0.39 is 16.1 Å². The zero-order chi connectivity index (χ0) is 21.3. The van der Waals surface area contributed by atoms with Gasteiger partial charge >= 0.3 is 0 Å². The molecule has 1 aliphatic rings. The zero-order valence-corrected chi connectivity index (χ0v) is 17.3. The molecule has 2 N–H and O–H groups in total. The molecule has 0 bridgehead atoms. The quantitative estimate of drug-likeness (QED) is 0.645. The van der Waals surface area contributed by atoms with Gasteiger partial charge in [-0.2, -0.15) is 9.40 Å². The molecule has 1 atom stereocenters. The first-order valence-corrected chi connectivity index (χ1v) is 11.1. The van der Waals surface area contributed by atoms with E-state index in [1.54, 1.807) is 48.5 Å². The molecule has 2 heterocycles. The van der Waals surface area contributed by atoms with E-state index in [0.29, 0.717) is 35.9 Å². The Balaban J connectivity index is 1.53. The average Bonchev–Trinajstić information content (AvgIpc) is 3.25. The Kier molecular flexibility index (Phi) is 5.40. The van der Waals surface area contributed by atoms with Crippen molar-refractivity contribution in [1.82, 2.24) is 19.8 Å². The lowest BCUT2D eigenvalue weighted by Gasteiger charge is -2.23. The van der Waals surface area contributed by atoms with Crippen LogP contribution in [-0.4, -0.2) is 41.4 Å². The number of amides is 1. The van der Waals surface area contributed by atoms with Crippen molar-refractivity contribution in [2.75, 3.05) is 6.54 Å². The number of H-pyrrole nitrogens is 1. The summed E-state index contributed by atoms with van der Waals surface area (Å²) >= 11 is 0. The number of nitrogens with zero attached hydrogens (tertiary/aromatic N) is 2. The van der Waals surface area contributed by atoms with Crippen LogP contribution in [0.1, 0.15) is 24.1 Å². The largest absolute Gasteiger partial charge is 0.349 e. The van der Waals surface area contributed by atoms with E-state index in [1.165, 1.54) is 4.31 Å². The highest BCUT2D eigenvalue weighted by Crippen LogP contribution is 2.26. The first kappa shape index (κ1) is 20.2. The molecule has 2 aromatic carbocycles. The van der Waals surface area contributed by atoms with Gasteiger partial charge in [0.2, 0.25) is 15.9 Å². The maximum absolute atomic E-state index is 13.0. The van der Waals surface area contributed by atoms with E-state index in [1.807, 2.05) is 6.92 Å². The third-order valence-electron chi connectivity index (χ3n) is 5.34. The lowest BCUT2D eigenvalue weighted by atomic mass is 10.1. The fourth-order valence-electron chi connectivity index (χ4n) is 3.73. The molecule has 0 spiro atoms.